The van der Waals surface area contributed by atoms with Crippen molar-refractivity contribution in [2.75, 3.05) is 25.5 Å². The number of anilines is 1. The van der Waals surface area contributed by atoms with Crippen LogP contribution in [-0.4, -0.2) is 38.8 Å². The number of rotatable bonds is 5. The Hall–Kier alpha value is -2.59. The summed E-state index contributed by atoms with van der Waals surface area (Å²) in [6.45, 7) is 0.223. The lowest BCUT2D eigenvalue weighted by Crippen LogP contribution is -2.43. The van der Waals surface area contributed by atoms with Gasteiger partial charge in [-0.2, -0.15) is 17.5 Å². The van der Waals surface area contributed by atoms with Gasteiger partial charge in [-0.25, -0.2) is 8.42 Å². The number of sulfonamides is 1. The zero-order valence-corrected chi connectivity index (χ0v) is 17.0. The minimum absolute atomic E-state index is 0.0185. The first-order chi connectivity index (χ1) is 14.1. The predicted molar refractivity (Wildman–Crippen MR) is 105 cm³/mol. The first-order valence-corrected chi connectivity index (χ1v) is 10.7. The van der Waals surface area contributed by atoms with Gasteiger partial charge >= 0.3 is 6.18 Å². The van der Waals surface area contributed by atoms with E-state index in [0.29, 0.717) is 18.6 Å². The number of hydrogen-bond acceptors (Lipinski definition) is 4. The van der Waals surface area contributed by atoms with E-state index in [-0.39, 0.29) is 23.7 Å². The van der Waals surface area contributed by atoms with Gasteiger partial charge in [0.15, 0.2) is 0 Å². The molecule has 1 heterocycles. The maximum absolute atomic E-state index is 12.9. The molecule has 30 heavy (non-hydrogen) atoms. The Morgan fingerprint density at radius 2 is 1.87 bits per heavy atom. The fraction of sp³-hybridized carbons (Fsp3) is 0.350. The molecule has 6 nitrogen and oxygen atoms in total. The summed E-state index contributed by atoms with van der Waals surface area (Å²) in [7, 11) is -2.33. The number of amides is 1. The highest BCUT2D eigenvalue weighted by Crippen LogP contribution is 2.31. The summed E-state index contributed by atoms with van der Waals surface area (Å²) in [5.41, 5.74) is -0.849. The third-order valence-electron chi connectivity index (χ3n) is 4.91. The molecule has 0 saturated carbocycles. The SMILES string of the molecule is COc1ccc(S(=O)(=O)N2CCCC(C(=O)Nc3cccc(C(F)(F)F)c3)C2)cc1. The van der Waals surface area contributed by atoms with Gasteiger partial charge in [0.25, 0.3) is 0 Å². The lowest BCUT2D eigenvalue weighted by atomic mass is 9.98. The Morgan fingerprint density at radius 1 is 1.17 bits per heavy atom. The highest BCUT2D eigenvalue weighted by Gasteiger charge is 2.34. The standard InChI is InChI=1S/C20H21F3N2O4S/c1-29-17-7-9-18(10-8-17)30(27,28)25-11-3-4-14(13-25)19(26)24-16-6-2-5-15(12-16)20(21,22)23/h2,5-10,12,14H,3-4,11,13H2,1H3,(H,24,26). The number of carbonyl (C=O) groups is 1. The highest BCUT2D eigenvalue weighted by molar-refractivity contribution is 7.89. The summed E-state index contributed by atoms with van der Waals surface area (Å²) >= 11 is 0. The molecule has 1 aliphatic rings. The molecule has 10 heteroatoms. The Kier molecular flexibility index (Phi) is 6.37. The van der Waals surface area contributed by atoms with Crippen molar-refractivity contribution in [3.05, 3.63) is 54.1 Å². The van der Waals surface area contributed by atoms with Crippen LogP contribution < -0.4 is 10.1 Å². The van der Waals surface area contributed by atoms with E-state index in [2.05, 4.69) is 5.32 Å². The molecule has 1 fully saturated rings. The fourth-order valence-corrected chi connectivity index (χ4v) is 4.81. The van der Waals surface area contributed by atoms with Crippen molar-refractivity contribution < 1.29 is 31.1 Å². The van der Waals surface area contributed by atoms with Crippen molar-refractivity contribution in [2.45, 2.75) is 23.9 Å². The number of piperidine rings is 1. The molecule has 1 aliphatic heterocycles. The van der Waals surface area contributed by atoms with E-state index in [1.165, 1.54) is 47.8 Å². The van der Waals surface area contributed by atoms with Crippen LogP contribution in [-0.2, 0) is 21.0 Å². The Bertz CT molecular complexity index is 1010. The molecule has 0 aliphatic carbocycles. The van der Waals surface area contributed by atoms with Gasteiger partial charge < -0.3 is 10.1 Å². The van der Waals surface area contributed by atoms with E-state index in [4.69, 9.17) is 4.74 Å². The van der Waals surface area contributed by atoms with Gasteiger partial charge in [0.1, 0.15) is 5.75 Å². The summed E-state index contributed by atoms with van der Waals surface area (Å²) < 4.78 is 70.6. The highest BCUT2D eigenvalue weighted by atomic mass is 32.2. The van der Waals surface area contributed by atoms with Gasteiger partial charge in [0.05, 0.1) is 23.5 Å². The Balaban J connectivity index is 1.71. The first-order valence-electron chi connectivity index (χ1n) is 9.23. The lowest BCUT2D eigenvalue weighted by molar-refractivity contribution is -0.137. The van der Waals surface area contributed by atoms with E-state index in [1.807, 2.05) is 0 Å². The van der Waals surface area contributed by atoms with E-state index in [0.717, 1.165) is 12.1 Å². The van der Waals surface area contributed by atoms with Gasteiger partial charge in [-0.15, -0.1) is 0 Å². The molecule has 0 spiro atoms. The molecular formula is C20H21F3N2O4S. The largest absolute Gasteiger partial charge is 0.497 e. The number of nitrogens with zero attached hydrogens (tertiary/aromatic N) is 1. The Morgan fingerprint density at radius 3 is 2.50 bits per heavy atom. The van der Waals surface area contributed by atoms with Crippen molar-refractivity contribution >= 4 is 21.6 Å². The Labute approximate surface area is 172 Å². The molecular weight excluding hydrogens is 421 g/mol. The number of hydrogen-bond donors (Lipinski definition) is 1. The number of alkyl halides is 3. The summed E-state index contributed by atoms with van der Waals surface area (Å²) in [6.07, 6.45) is -3.61. The lowest BCUT2D eigenvalue weighted by Gasteiger charge is -2.31. The number of carbonyl (C=O) groups excluding carboxylic acids is 1. The van der Waals surface area contributed by atoms with Crippen LogP contribution in [0, 0.1) is 5.92 Å². The summed E-state index contributed by atoms with van der Waals surface area (Å²) in [5.74, 6) is -0.656. The monoisotopic (exact) mass is 442 g/mol. The second-order valence-electron chi connectivity index (χ2n) is 6.95. The van der Waals surface area contributed by atoms with Crippen molar-refractivity contribution in [1.82, 2.24) is 4.31 Å². The van der Waals surface area contributed by atoms with Gasteiger partial charge in [0, 0.05) is 18.8 Å². The molecule has 1 amide bonds. The number of methoxy groups -OCH3 is 1. The molecule has 0 radical (unpaired) electrons. The first kappa shape index (κ1) is 22.1. The van der Waals surface area contributed by atoms with Crippen molar-refractivity contribution in [3.8, 4) is 5.75 Å². The van der Waals surface area contributed by atoms with Gasteiger partial charge in [-0.1, -0.05) is 6.07 Å². The van der Waals surface area contributed by atoms with Crippen molar-refractivity contribution in [2.24, 2.45) is 5.92 Å². The summed E-state index contributed by atoms with van der Waals surface area (Å²) in [4.78, 5) is 12.7. The predicted octanol–water partition coefficient (Wildman–Crippen LogP) is 3.75. The van der Waals surface area contributed by atoms with Gasteiger partial charge in [0.2, 0.25) is 15.9 Å². The zero-order chi connectivity index (χ0) is 21.9. The van der Waals surface area contributed by atoms with Crippen LogP contribution in [0.4, 0.5) is 18.9 Å². The fourth-order valence-electron chi connectivity index (χ4n) is 3.29. The average Bonchev–Trinajstić information content (AvgIpc) is 2.73. The maximum Gasteiger partial charge on any atom is 0.416 e. The third-order valence-corrected chi connectivity index (χ3v) is 6.79. The van der Waals surface area contributed by atoms with E-state index in [9.17, 15) is 26.4 Å². The van der Waals surface area contributed by atoms with Gasteiger partial charge in [-0.3, -0.25) is 4.79 Å². The molecule has 1 atom stereocenters. The molecule has 0 aromatic heterocycles. The average molecular weight is 442 g/mol. The number of benzene rings is 2. The number of halogens is 3. The normalized spacial score (nSPS) is 18.1. The molecule has 0 bridgehead atoms. The van der Waals surface area contributed by atoms with Crippen LogP contribution in [0.25, 0.3) is 0 Å². The van der Waals surface area contributed by atoms with Crippen LogP contribution in [0.1, 0.15) is 18.4 Å². The molecule has 1 saturated heterocycles. The smallest absolute Gasteiger partial charge is 0.416 e. The summed E-state index contributed by atoms with van der Waals surface area (Å²) in [5, 5.41) is 2.47. The minimum Gasteiger partial charge on any atom is -0.497 e. The molecule has 1 N–H and O–H groups in total. The second-order valence-corrected chi connectivity index (χ2v) is 8.88. The van der Waals surface area contributed by atoms with Crippen LogP contribution >= 0.6 is 0 Å². The van der Waals surface area contributed by atoms with Crippen LogP contribution in [0.2, 0.25) is 0 Å². The van der Waals surface area contributed by atoms with E-state index in [1.54, 1.807) is 0 Å². The number of nitrogens with one attached hydrogen (secondary N) is 1. The maximum atomic E-state index is 12.9. The van der Waals surface area contributed by atoms with Crippen LogP contribution in [0.5, 0.6) is 5.75 Å². The van der Waals surface area contributed by atoms with E-state index >= 15 is 0 Å². The topological polar surface area (TPSA) is 75.7 Å². The van der Waals surface area contributed by atoms with E-state index < -0.39 is 33.6 Å². The second kappa shape index (κ2) is 8.65. The third kappa shape index (κ3) is 4.93. The molecule has 2 aromatic carbocycles. The molecule has 3 rings (SSSR count). The number of ether oxygens (including phenoxy) is 1. The molecule has 162 valence electrons. The quantitative estimate of drug-likeness (QED) is 0.765. The molecule has 1 unspecified atom stereocenters. The van der Waals surface area contributed by atoms with Crippen molar-refractivity contribution in [3.63, 3.8) is 0 Å². The molecule has 2 aromatic rings. The van der Waals surface area contributed by atoms with Crippen molar-refractivity contribution in [1.29, 1.82) is 0 Å². The van der Waals surface area contributed by atoms with Crippen LogP contribution in [0.15, 0.2) is 53.4 Å². The van der Waals surface area contributed by atoms with Crippen LogP contribution in [0.3, 0.4) is 0 Å². The zero-order valence-electron chi connectivity index (χ0n) is 16.1. The minimum atomic E-state index is -4.52. The van der Waals surface area contributed by atoms with Gasteiger partial charge in [-0.05, 0) is 55.3 Å². The summed E-state index contributed by atoms with van der Waals surface area (Å²) in [6, 6.07) is 10.3.